The summed E-state index contributed by atoms with van der Waals surface area (Å²) in [5.74, 6) is -0.171. The first-order chi connectivity index (χ1) is 10.9. The molecule has 0 radical (unpaired) electrons. The van der Waals surface area contributed by atoms with Gasteiger partial charge in [0.15, 0.2) is 5.82 Å². The van der Waals surface area contributed by atoms with Crippen LogP contribution < -0.4 is 0 Å². The molecule has 23 heavy (non-hydrogen) atoms. The Morgan fingerprint density at radius 1 is 1.22 bits per heavy atom. The van der Waals surface area contributed by atoms with E-state index in [0.717, 1.165) is 5.56 Å². The third-order valence-corrected chi connectivity index (χ3v) is 5.86. The quantitative estimate of drug-likeness (QED) is 0.852. The monoisotopic (exact) mass is 342 g/mol. The van der Waals surface area contributed by atoms with Crippen LogP contribution in [0.2, 0.25) is 0 Å². The molecule has 1 aromatic heterocycles. The van der Waals surface area contributed by atoms with Gasteiger partial charge < -0.3 is 4.57 Å². The fourth-order valence-electron chi connectivity index (χ4n) is 2.71. The van der Waals surface area contributed by atoms with Gasteiger partial charge in [0, 0.05) is 13.1 Å². The Morgan fingerprint density at radius 3 is 2.65 bits per heavy atom. The smallest absolute Gasteiger partial charge is 0.297 e. The van der Waals surface area contributed by atoms with Crippen LogP contribution in [0.3, 0.4) is 0 Å². The van der Waals surface area contributed by atoms with Crippen LogP contribution in [0, 0.1) is 0 Å². The number of benzene rings is 1. The summed E-state index contributed by atoms with van der Waals surface area (Å²) in [6.07, 6.45) is -2.13. The summed E-state index contributed by atoms with van der Waals surface area (Å²) in [6.45, 7) is 2.07. The maximum absolute atomic E-state index is 12.8. The molecule has 1 aliphatic rings. The zero-order chi connectivity index (χ0) is 16.6. The van der Waals surface area contributed by atoms with Crippen molar-refractivity contribution in [2.45, 2.75) is 37.8 Å². The highest BCUT2D eigenvalue weighted by Crippen LogP contribution is 2.26. The lowest BCUT2D eigenvalue weighted by atomic mass is 10.2. The molecule has 0 N–H and O–H groups in total. The molecule has 3 rings (SSSR count). The molecule has 9 heteroatoms. The van der Waals surface area contributed by atoms with Crippen LogP contribution >= 0.6 is 0 Å². The van der Waals surface area contributed by atoms with E-state index in [1.54, 1.807) is 24.3 Å². The molecular weight excluding hydrogens is 326 g/mol. The van der Waals surface area contributed by atoms with Gasteiger partial charge in [0.05, 0.1) is 11.4 Å². The van der Waals surface area contributed by atoms with Crippen molar-refractivity contribution in [2.24, 2.45) is 0 Å². The van der Waals surface area contributed by atoms with Crippen LogP contribution in [0.15, 0.2) is 29.2 Å². The molecule has 0 saturated heterocycles. The van der Waals surface area contributed by atoms with Crippen molar-refractivity contribution in [1.29, 1.82) is 0 Å². The maximum atomic E-state index is 12.8. The SMILES string of the molecule is CCc1ccccc1S(=O)(=O)N1CCn2c(nnc2C(F)F)C1. The number of nitrogens with zero attached hydrogens (tertiary/aromatic N) is 4. The summed E-state index contributed by atoms with van der Waals surface area (Å²) in [5.41, 5.74) is 0.729. The molecule has 1 aliphatic heterocycles. The number of alkyl halides is 2. The summed E-state index contributed by atoms with van der Waals surface area (Å²) in [4.78, 5) is 0.254. The first-order valence-corrected chi connectivity index (χ1v) is 8.67. The van der Waals surface area contributed by atoms with Gasteiger partial charge in [-0.05, 0) is 18.1 Å². The van der Waals surface area contributed by atoms with Crippen LogP contribution in [-0.2, 0) is 29.5 Å². The molecule has 124 valence electrons. The molecule has 0 saturated carbocycles. The second-order valence-electron chi connectivity index (χ2n) is 5.23. The van der Waals surface area contributed by atoms with Crippen LogP contribution in [0.1, 0.15) is 30.6 Å². The van der Waals surface area contributed by atoms with E-state index in [0.29, 0.717) is 6.42 Å². The number of aryl methyl sites for hydroxylation is 1. The molecule has 0 spiro atoms. The summed E-state index contributed by atoms with van der Waals surface area (Å²) in [7, 11) is -3.69. The molecular formula is C14H16F2N4O2S. The van der Waals surface area contributed by atoms with Gasteiger partial charge in [-0.3, -0.25) is 0 Å². The lowest BCUT2D eigenvalue weighted by molar-refractivity contribution is 0.132. The molecule has 6 nitrogen and oxygen atoms in total. The fraction of sp³-hybridized carbons (Fsp3) is 0.429. The van der Waals surface area contributed by atoms with Gasteiger partial charge in [-0.15, -0.1) is 10.2 Å². The zero-order valence-corrected chi connectivity index (χ0v) is 13.3. The Morgan fingerprint density at radius 2 is 1.96 bits per heavy atom. The van der Waals surface area contributed by atoms with Crippen molar-refractivity contribution in [3.05, 3.63) is 41.5 Å². The first-order valence-electron chi connectivity index (χ1n) is 7.23. The predicted octanol–water partition coefficient (Wildman–Crippen LogP) is 1.98. The second-order valence-corrected chi connectivity index (χ2v) is 7.13. The summed E-state index contributed by atoms with van der Waals surface area (Å²) in [6, 6.07) is 6.80. The second kappa shape index (κ2) is 5.97. The minimum Gasteiger partial charge on any atom is -0.308 e. The molecule has 0 fully saturated rings. The molecule has 2 heterocycles. The normalized spacial score (nSPS) is 15.8. The lowest BCUT2D eigenvalue weighted by Gasteiger charge is -2.27. The predicted molar refractivity (Wildman–Crippen MR) is 78.4 cm³/mol. The van der Waals surface area contributed by atoms with Crippen molar-refractivity contribution < 1.29 is 17.2 Å². The standard InChI is InChI=1S/C14H16F2N4O2S/c1-2-10-5-3-4-6-11(10)23(21,22)19-7-8-20-12(9-19)17-18-14(20)13(15)16/h3-6,13H,2,7-9H2,1H3. The van der Waals surface area contributed by atoms with Gasteiger partial charge in [0.1, 0.15) is 5.82 Å². The minimum atomic E-state index is -3.69. The van der Waals surface area contributed by atoms with E-state index in [4.69, 9.17) is 0 Å². The first kappa shape index (κ1) is 16.0. The van der Waals surface area contributed by atoms with Crippen molar-refractivity contribution in [1.82, 2.24) is 19.1 Å². The van der Waals surface area contributed by atoms with E-state index < -0.39 is 22.3 Å². The number of fused-ring (bicyclic) bond motifs is 1. The highest BCUT2D eigenvalue weighted by Gasteiger charge is 2.33. The van der Waals surface area contributed by atoms with E-state index >= 15 is 0 Å². The molecule has 0 atom stereocenters. The van der Waals surface area contributed by atoms with E-state index in [2.05, 4.69) is 10.2 Å². The maximum Gasteiger partial charge on any atom is 0.297 e. The van der Waals surface area contributed by atoms with E-state index in [-0.39, 0.29) is 30.4 Å². The van der Waals surface area contributed by atoms with Gasteiger partial charge in [-0.25, -0.2) is 17.2 Å². The highest BCUT2D eigenvalue weighted by molar-refractivity contribution is 7.89. The number of sulfonamides is 1. The Kier molecular flexibility index (Phi) is 4.15. The van der Waals surface area contributed by atoms with Gasteiger partial charge in [-0.2, -0.15) is 4.31 Å². The van der Waals surface area contributed by atoms with Crippen molar-refractivity contribution in [3.63, 3.8) is 0 Å². The third kappa shape index (κ3) is 2.74. The molecule has 2 aromatic rings. The number of halogens is 2. The number of rotatable bonds is 4. The average molecular weight is 342 g/mol. The minimum absolute atomic E-state index is 0.0555. The van der Waals surface area contributed by atoms with Crippen LogP contribution in [0.4, 0.5) is 8.78 Å². The third-order valence-electron chi connectivity index (χ3n) is 3.91. The molecule has 0 bridgehead atoms. The van der Waals surface area contributed by atoms with Gasteiger partial charge in [0.25, 0.3) is 6.43 Å². The van der Waals surface area contributed by atoms with Crippen LogP contribution in [0.25, 0.3) is 0 Å². The number of aromatic nitrogens is 3. The van der Waals surface area contributed by atoms with E-state index in [1.807, 2.05) is 6.92 Å². The molecule has 1 aromatic carbocycles. The Labute approximate surface area is 132 Å². The Hall–Kier alpha value is -1.87. The number of hydrogen-bond acceptors (Lipinski definition) is 4. The van der Waals surface area contributed by atoms with Gasteiger partial charge >= 0.3 is 0 Å². The molecule has 0 unspecified atom stereocenters. The molecule has 0 amide bonds. The summed E-state index contributed by atoms with van der Waals surface area (Å²) in [5, 5.41) is 7.17. The van der Waals surface area contributed by atoms with E-state index in [9.17, 15) is 17.2 Å². The highest BCUT2D eigenvalue weighted by atomic mass is 32.2. The van der Waals surface area contributed by atoms with Crippen LogP contribution in [0.5, 0.6) is 0 Å². The number of hydrogen-bond donors (Lipinski definition) is 0. The van der Waals surface area contributed by atoms with E-state index in [1.165, 1.54) is 8.87 Å². The summed E-state index contributed by atoms with van der Waals surface area (Å²) < 4.78 is 53.9. The van der Waals surface area contributed by atoms with Crippen molar-refractivity contribution in [2.75, 3.05) is 6.54 Å². The van der Waals surface area contributed by atoms with Crippen molar-refractivity contribution >= 4 is 10.0 Å². The van der Waals surface area contributed by atoms with Gasteiger partial charge in [-0.1, -0.05) is 25.1 Å². The summed E-state index contributed by atoms with van der Waals surface area (Å²) >= 11 is 0. The van der Waals surface area contributed by atoms with Crippen LogP contribution in [-0.4, -0.2) is 34.0 Å². The van der Waals surface area contributed by atoms with Crippen molar-refractivity contribution in [3.8, 4) is 0 Å². The van der Waals surface area contributed by atoms with Gasteiger partial charge in [0.2, 0.25) is 10.0 Å². The fourth-order valence-corrected chi connectivity index (χ4v) is 4.39. The average Bonchev–Trinajstić information content (AvgIpc) is 2.98. The Balaban J connectivity index is 1.94. The molecule has 0 aliphatic carbocycles. The lowest BCUT2D eigenvalue weighted by Crippen LogP contribution is -2.39. The largest absolute Gasteiger partial charge is 0.308 e. The Bertz CT molecular complexity index is 820. The zero-order valence-electron chi connectivity index (χ0n) is 12.5. The topological polar surface area (TPSA) is 68.1 Å².